The molecule has 164 valence electrons. The fraction of sp³-hybridized carbons (Fsp3) is 0.381. The monoisotopic (exact) mass is 437 g/mol. The van der Waals surface area contributed by atoms with Gasteiger partial charge in [-0.15, -0.1) is 0 Å². The molecule has 1 atom stereocenters. The van der Waals surface area contributed by atoms with Crippen molar-refractivity contribution in [1.82, 2.24) is 9.88 Å². The highest BCUT2D eigenvalue weighted by atomic mass is 19.4. The number of anilines is 1. The molecule has 3 heterocycles. The van der Waals surface area contributed by atoms with E-state index in [0.717, 1.165) is 18.5 Å². The number of ether oxygens (including phenoxy) is 1. The highest BCUT2D eigenvalue weighted by molar-refractivity contribution is 5.96. The molecular formula is C21H19F4N3O3. The van der Waals surface area contributed by atoms with E-state index in [1.807, 2.05) is 0 Å². The topological polar surface area (TPSA) is 62.7 Å². The summed E-state index contributed by atoms with van der Waals surface area (Å²) in [4.78, 5) is 31.7. The van der Waals surface area contributed by atoms with Crippen LogP contribution in [0.3, 0.4) is 0 Å². The molecule has 2 aliphatic heterocycles. The van der Waals surface area contributed by atoms with Crippen molar-refractivity contribution < 1.29 is 31.9 Å². The van der Waals surface area contributed by atoms with E-state index in [4.69, 9.17) is 4.74 Å². The Morgan fingerprint density at radius 2 is 2.00 bits per heavy atom. The third-order valence-corrected chi connectivity index (χ3v) is 5.55. The number of morpholine rings is 1. The molecule has 1 spiro atoms. The second kappa shape index (κ2) is 7.92. The minimum Gasteiger partial charge on any atom is -0.361 e. The molecule has 6 nitrogen and oxygen atoms in total. The number of piperidine rings is 1. The molecule has 2 aromatic rings. The standard InChI is InChI=1S/C21H19F4N3O3/c22-14-3-1-4-15(9-14)28-13-20(31-11-18(28)29)6-2-8-27(12-20)19(30)16-10-26-7-5-17(16)21(23,24)25/h1,3-5,7,9-10H,2,6,8,11-13H2. The fourth-order valence-corrected chi connectivity index (χ4v) is 4.09. The predicted octanol–water partition coefficient (Wildman–Crippen LogP) is 3.28. The summed E-state index contributed by atoms with van der Waals surface area (Å²) >= 11 is 0. The van der Waals surface area contributed by atoms with E-state index in [1.54, 1.807) is 6.07 Å². The van der Waals surface area contributed by atoms with Gasteiger partial charge in [0.1, 0.15) is 18.0 Å². The molecule has 2 aliphatic rings. The van der Waals surface area contributed by atoms with Crippen molar-refractivity contribution in [3.8, 4) is 0 Å². The minimum atomic E-state index is -4.69. The van der Waals surface area contributed by atoms with Gasteiger partial charge in [0, 0.05) is 24.6 Å². The lowest BCUT2D eigenvalue weighted by molar-refractivity contribution is -0.144. The second-order valence-corrected chi connectivity index (χ2v) is 7.68. The smallest absolute Gasteiger partial charge is 0.361 e. The fourth-order valence-electron chi connectivity index (χ4n) is 4.09. The van der Waals surface area contributed by atoms with E-state index < -0.39 is 34.6 Å². The van der Waals surface area contributed by atoms with Gasteiger partial charge in [-0.3, -0.25) is 14.6 Å². The Kier molecular flexibility index (Phi) is 5.42. The summed E-state index contributed by atoms with van der Waals surface area (Å²) in [6.45, 7) is 0.0681. The summed E-state index contributed by atoms with van der Waals surface area (Å²) < 4.78 is 59.5. The normalized spacial score (nSPS) is 22.1. The Labute approximate surface area is 175 Å². The van der Waals surface area contributed by atoms with Crippen LogP contribution in [-0.2, 0) is 15.7 Å². The summed E-state index contributed by atoms with van der Waals surface area (Å²) in [7, 11) is 0. The van der Waals surface area contributed by atoms with Gasteiger partial charge >= 0.3 is 6.18 Å². The van der Waals surface area contributed by atoms with Crippen LogP contribution in [0.15, 0.2) is 42.7 Å². The zero-order valence-electron chi connectivity index (χ0n) is 16.4. The number of rotatable bonds is 2. The van der Waals surface area contributed by atoms with Crippen LogP contribution in [0.1, 0.15) is 28.8 Å². The Morgan fingerprint density at radius 3 is 2.74 bits per heavy atom. The van der Waals surface area contributed by atoms with E-state index in [1.165, 1.54) is 28.0 Å². The number of alkyl halides is 3. The van der Waals surface area contributed by atoms with Crippen LogP contribution in [-0.4, -0.2) is 53.5 Å². The van der Waals surface area contributed by atoms with Crippen molar-refractivity contribution in [2.75, 3.05) is 31.1 Å². The van der Waals surface area contributed by atoms with Crippen LogP contribution in [0.4, 0.5) is 23.2 Å². The maximum Gasteiger partial charge on any atom is 0.417 e. The quantitative estimate of drug-likeness (QED) is 0.677. The zero-order chi connectivity index (χ0) is 22.2. The van der Waals surface area contributed by atoms with Crippen LogP contribution in [0, 0.1) is 5.82 Å². The average Bonchev–Trinajstić information content (AvgIpc) is 2.75. The van der Waals surface area contributed by atoms with Gasteiger partial charge < -0.3 is 14.5 Å². The number of likely N-dealkylation sites (tertiary alicyclic amines) is 1. The third-order valence-electron chi connectivity index (χ3n) is 5.55. The molecule has 0 saturated carbocycles. The number of nitrogens with zero attached hydrogens (tertiary/aromatic N) is 3. The molecule has 0 radical (unpaired) electrons. The Bertz CT molecular complexity index is 1010. The third kappa shape index (κ3) is 4.25. The molecule has 2 saturated heterocycles. The van der Waals surface area contributed by atoms with Crippen molar-refractivity contribution in [3.05, 3.63) is 59.7 Å². The molecule has 1 unspecified atom stereocenters. The zero-order valence-corrected chi connectivity index (χ0v) is 16.4. The summed E-state index contributed by atoms with van der Waals surface area (Å²) in [6.07, 6.45) is -1.79. The lowest BCUT2D eigenvalue weighted by Gasteiger charge is -2.47. The van der Waals surface area contributed by atoms with E-state index in [2.05, 4.69) is 4.98 Å². The van der Waals surface area contributed by atoms with E-state index in [-0.39, 0.29) is 32.1 Å². The number of pyridine rings is 1. The number of carbonyl (C=O) groups excluding carboxylic acids is 2. The van der Waals surface area contributed by atoms with E-state index in [9.17, 15) is 27.2 Å². The highest BCUT2D eigenvalue weighted by Crippen LogP contribution is 2.35. The van der Waals surface area contributed by atoms with Gasteiger partial charge in [0.05, 0.1) is 24.2 Å². The summed E-state index contributed by atoms with van der Waals surface area (Å²) in [5.41, 5.74) is -2.16. The number of carbonyl (C=O) groups is 2. The van der Waals surface area contributed by atoms with Crippen molar-refractivity contribution in [2.24, 2.45) is 0 Å². The molecule has 1 aromatic heterocycles. The van der Waals surface area contributed by atoms with Gasteiger partial charge in [-0.1, -0.05) is 6.07 Å². The van der Waals surface area contributed by atoms with Crippen LogP contribution in [0.25, 0.3) is 0 Å². The Morgan fingerprint density at radius 1 is 1.19 bits per heavy atom. The van der Waals surface area contributed by atoms with Gasteiger partial charge in [0.15, 0.2) is 0 Å². The maximum absolute atomic E-state index is 13.7. The Hall–Kier alpha value is -3.01. The number of hydrogen-bond acceptors (Lipinski definition) is 4. The summed E-state index contributed by atoms with van der Waals surface area (Å²) in [5, 5.41) is 0. The average molecular weight is 437 g/mol. The number of benzene rings is 1. The van der Waals surface area contributed by atoms with Crippen LogP contribution >= 0.6 is 0 Å². The molecule has 0 N–H and O–H groups in total. The first-order valence-electron chi connectivity index (χ1n) is 9.69. The number of aromatic nitrogens is 1. The largest absolute Gasteiger partial charge is 0.417 e. The van der Waals surface area contributed by atoms with Gasteiger partial charge in [0.25, 0.3) is 11.8 Å². The first-order chi connectivity index (χ1) is 14.7. The lowest BCUT2D eigenvalue weighted by atomic mass is 9.89. The number of halogens is 4. The number of amides is 2. The van der Waals surface area contributed by atoms with Crippen LogP contribution < -0.4 is 4.90 Å². The summed E-state index contributed by atoms with van der Waals surface area (Å²) in [5.74, 6) is -1.65. The van der Waals surface area contributed by atoms with Crippen molar-refractivity contribution in [1.29, 1.82) is 0 Å². The van der Waals surface area contributed by atoms with Crippen LogP contribution in [0.2, 0.25) is 0 Å². The maximum atomic E-state index is 13.7. The number of hydrogen-bond donors (Lipinski definition) is 0. The van der Waals surface area contributed by atoms with Crippen LogP contribution in [0.5, 0.6) is 0 Å². The molecule has 0 bridgehead atoms. The molecule has 0 aliphatic carbocycles. The SMILES string of the molecule is O=C(c1cnccc1C(F)(F)F)N1CCCC2(C1)CN(c1cccc(F)c1)C(=O)CO2. The molecular weight excluding hydrogens is 418 g/mol. The summed E-state index contributed by atoms with van der Waals surface area (Å²) in [6, 6.07) is 6.34. The first kappa shape index (κ1) is 21.2. The van der Waals surface area contributed by atoms with Crippen molar-refractivity contribution >= 4 is 17.5 Å². The first-order valence-corrected chi connectivity index (χ1v) is 9.69. The van der Waals surface area contributed by atoms with E-state index >= 15 is 0 Å². The molecule has 4 rings (SSSR count). The molecule has 2 fully saturated rings. The van der Waals surface area contributed by atoms with Gasteiger partial charge in [-0.25, -0.2) is 4.39 Å². The van der Waals surface area contributed by atoms with Gasteiger partial charge in [-0.05, 0) is 37.1 Å². The lowest BCUT2D eigenvalue weighted by Crippen LogP contribution is -2.62. The molecule has 1 aromatic carbocycles. The highest BCUT2D eigenvalue weighted by Gasteiger charge is 2.45. The minimum absolute atomic E-state index is 0.0110. The molecule has 10 heteroatoms. The predicted molar refractivity (Wildman–Crippen MR) is 102 cm³/mol. The van der Waals surface area contributed by atoms with E-state index in [0.29, 0.717) is 18.5 Å². The van der Waals surface area contributed by atoms with Crippen molar-refractivity contribution in [2.45, 2.75) is 24.6 Å². The van der Waals surface area contributed by atoms with Gasteiger partial charge in [-0.2, -0.15) is 13.2 Å². The van der Waals surface area contributed by atoms with Gasteiger partial charge in [0.2, 0.25) is 0 Å². The Balaban J connectivity index is 1.58. The molecule has 31 heavy (non-hydrogen) atoms. The second-order valence-electron chi connectivity index (χ2n) is 7.68. The molecule has 2 amide bonds. The van der Waals surface area contributed by atoms with Crippen molar-refractivity contribution in [3.63, 3.8) is 0 Å².